The van der Waals surface area contributed by atoms with Crippen LogP contribution in [0.5, 0.6) is 0 Å². The van der Waals surface area contributed by atoms with Crippen molar-refractivity contribution in [2.75, 3.05) is 20.1 Å². The summed E-state index contributed by atoms with van der Waals surface area (Å²) in [7, 11) is 3.66. The Hall–Kier alpha value is -3.43. The highest BCUT2D eigenvalue weighted by atomic mass is 16.2. The number of rotatable bonds is 2. The number of hydrogen-bond acceptors (Lipinski definition) is 4. The van der Waals surface area contributed by atoms with Gasteiger partial charge in [-0.3, -0.25) is 9.59 Å². The highest BCUT2D eigenvalue weighted by Gasteiger charge is 2.46. The minimum atomic E-state index is -0.872. The van der Waals surface area contributed by atoms with Crippen LogP contribution < -0.4 is 5.32 Å². The van der Waals surface area contributed by atoms with Crippen LogP contribution in [-0.4, -0.2) is 41.3 Å². The van der Waals surface area contributed by atoms with E-state index in [1.165, 1.54) is 0 Å². The second kappa shape index (κ2) is 6.29. The zero-order chi connectivity index (χ0) is 20.3. The molecule has 0 fully saturated rings. The Morgan fingerprint density at radius 1 is 1.21 bits per heavy atom. The summed E-state index contributed by atoms with van der Waals surface area (Å²) in [6.45, 7) is 1.31. The molecule has 2 aliphatic heterocycles. The molecular formula is C23H20N4O2. The number of nitrogens with one attached hydrogen (secondary N) is 1. The number of para-hydroxylation sites is 1. The van der Waals surface area contributed by atoms with Gasteiger partial charge in [0.25, 0.3) is 5.91 Å². The number of Topliss-reactive ketones (excluding diaryl/α,β-unsaturated/α-hetero) is 1. The Balaban J connectivity index is 1.83. The lowest BCUT2D eigenvalue weighted by Crippen LogP contribution is -2.29. The highest BCUT2D eigenvalue weighted by Crippen LogP contribution is 2.47. The first-order valence-corrected chi connectivity index (χ1v) is 9.64. The summed E-state index contributed by atoms with van der Waals surface area (Å²) in [6, 6.07) is 10.0. The summed E-state index contributed by atoms with van der Waals surface area (Å²) in [5, 5.41) is 13.8. The van der Waals surface area contributed by atoms with Crippen molar-refractivity contribution in [1.29, 1.82) is 5.26 Å². The number of aryl methyl sites for hydroxylation is 1. The van der Waals surface area contributed by atoms with Crippen LogP contribution in [-0.2, 0) is 16.6 Å². The molecule has 0 spiro atoms. The average molecular weight is 384 g/mol. The van der Waals surface area contributed by atoms with Crippen molar-refractivity contribution in [2.45, 2.75) is 5.92 Å². The lowest BCUT2D eigenvalue weighted by molar-refractivity contribution is -0.123. The van der Waals surface area contributed by atoms with Gasteiger partial charge in [-0.2, -0.15) is 5.26 Å². The van der Waals surface area contributed by atoms with E-state index in [1.54, 1.807) is 18.0 Å². The fourth-order valence-electron chi connectivity index (χ4n) is 4.74. The van der Waals surface area contributed by atoms with Crippen LogP contribution in [0.15, 0.2) is 65.0 Å². The molecule has 5 rings (SSSR count). The van der Waals surface area contributed by atoms with Gasteiger partial charge < -0.3 is 14.8 Å². The quantitative estimate of drug-likeness (QED) is 0.861. The summed E-state index contributed by atoms with van der Waals surface area (Å²) < 4.78 is 1.99. The maximum atomic E-state index is 13.5. The van der Waals surface area contributed by atoms with E-state index in [-0.39, 0.29) is 11.7 Å². The zero-order valence-corrected chi connectivity index (χ0v) is 16.3. The number of hydrogen-bond donors (Lipinski definition) is 1. The van der Waals surface area contributed by atoms with Crippen molar-refractivity contribution < 1.29 is 9.59 Å². The fraction of sp³-hybridized carbons (Fsp3) is 0.261. The van der Waals surface area contributed by atoms with E-state index < -0.39 is 11.8 Å². The third-order valence-electron chi connectivity index (χ3n) is 6.14. The second-order valence-corrected chi connectivity index (χ2v) is 7.72. The van der Waals surface area contributed by atoms with Crippen LogP contribution >= 0.6 is 0 Å². The van der Waals surface area contributed by atoms with Crippen LogP contribution in [0.4, 0.5) is 0 Å². The smallest absolute Gasteiger partial charge is 0.258 e. The standard InChI is InChI=1S/C23H20N4O2/c1-26-12-16(15-5-3-4-6-17(15)26)20-21-18(9-14(10-24)22(20)28)27(2)23(29)19(21)13-7-8-25-11-13/h3-7,9,12,14,20,25H,8,11H2,1-2H3. The number of nitrogens with zero attached hydrogens (tertiary/aromatic N) is 3. The van der Waals surface area contributed by atoms with Crippen LogP contribution in [0.1, 0.15) is 11.5 Å². The van der Waals surface area contributed by atoms with Crippen molar-refractivity contribution in [3.05, 3.63) is 70.6 Å². The Morgan fingerprint density at radius 2 is 2.00 bits per heavy atom. The van der Waals surface area contributed by atoms with Crippen LogP contribution in [0.3, 0.4) is 0 Å². The normalized spacial score (nSPS) is 24.1. The minimum absolute atomic E-state index is 0.113. The predicted octanol–water partition coefficient (Wildman–Crippen LogP) is 2.17. The number of aromatic nitrogens is 1. The molecule has 0 radical (unpaired) electrons. The van der Waals surface area contributed by atoms with Crippen molar-refractivity contribution in [2.24, 2.45) is 13.0 Å². The van der Waals surface area contributed by atoms with Gasteiger partial charge >= 0.3 is 0 Å². The summed E-state index contributed by atoms with van der Waals surface area (Å²) in [4.78, 5) is 28.2. The van der Waals surface area contributed by atoms with Gasteiger partial charge in [0.1, 0.15) is 5.92 Å². The lowest BCUT2D eigenvalue weighted by Gasteiger charge is -2.27. The van der Waals surface area contributed by atoms with Gasteiger partial charge in [-0.05, 0) is 23.3 Å². The van der Waals surface area contributed by atoms with Gasteiger partial charge in [0.2, 0.25) is 0 Å². The van der Waals surface area contributed by atoms with Gasteiger partial charge in [0, 0.05) is 55.6 Å². The zero-order valence-electron chi connectivity index (χ0n) is 16.3. The molecule has 1 aromatic heterocycles. The third-order valence-corrected chi connectivity index (χ3v) is 6.14. The highest BCUT2D eigenvalue weighted by molar-refractivity contribution is 6.10. The Morgan fingerprint density at radius 3 is 2.72 bits per heavy atom. The largest absolute Gasteiger partial charge is 0.350 e. The van der Waals surface area contributed by atoms with Crippen molar-refractivity contribution >= 4 is 22.6 Å². The number of likely N-dealkylation sites (N-methyl/N-ethyl adjacent to an activating group) is 1. The van der Waals surface area contributed by atoms with E-state index in [0.717, 1.165) is 27.6 Å². The molecule has 1 aromatic carbocycles. The summed E-state index contributed by atoms with van der Waals surface area (Å²) >= 11 is 0. The van der Waals surface area contributed by atoms with E-state index in [1.807, 2.05) is 48.2 Å². The first-order valence-electron chi connectivity index (χ1n) is 9.64. The molecule has 6 heteroatoms. The molecule has 0 saturated carbocycles. The van der Waals surface area contributed by atoms with Crippen molar-refractivity contribution in [1.82, 2.24) is 14.8 Å². The van der Waals surface area contributed by atoms with Gasteiger partial charge in [-0.25, -0.2) is 0 Å². The number of ketones is 1. The summed E-state index contributed by atoms with van der Waals surface area (Å²) in [5.74, 6) is -1.80. The molecule has 1 aliphatic carbocycles. The lowest BCUT2D eigenvalue weighted by atomic mass is 9.75. The number of carbonyl (C=O) groups excluding carboxylic acids is 2. The summed E-state index contributed by atoms with van der Waals surface area (Å²) in [5.41, 5.74) is 4.81. The van der Waals surface area contributed by atoms with Crippen LogP contribution in [0.25, 0.3) is 10.9 Å². The molecule has 1 amide bonds. The van der Waals surface area contributed by atoms with Gasteiger partial charge in [-0.15, -0.1) is 0 Å². The fourth-order valence-corrected chi connectivity index (χ4v) is 4.74. The number of carbonyl (C=O) groups is 2. The van der Waals surface area contributed by atoms with E-state index in [2.05, 4.69) is 11.4 Å². The number of allylic oxidation sites excluding steroid dienone is 2. The van der Waals surface area contributed by atoms with Crippen molar-refractivity contribution in [3.8, 4) is 6.07 Å². The summed E-state index contributed by atoms with van der Waals surface area (Å²) in [6.07, 6.45) is 5.62. The topological polar surface area (TPSA) is 78.1 Å². The number of benzene rings is 1. The van der Waals surface area contributed by atoms with Crippen LogP contribution in [0.2, 0.25) is 0 Å². The average Bonchev–Trinajstić information content (AvgIpc) is 3.42. The van der Waals surface area contributed by atoms with E-state index in [4.69, 9.17) is 0 Å². The number of amides is 1. The monoisotopic (exact) mass is 384 g/mol. The molecule has 2 aromatic rings. The van der Waals surface area contributed by atoms with Gasteiger partial charge in [-0.1, -0.05) is 24.3 Å². The molecule has 29 heavy (non-hydrogen) atoms. The molecule has 0 saturated heterocycles. The molecule has 2 atom stereocenters. The Kier molecular flexibility index (Phi) is 3.83. The van der Waals surface area contributed by atoms with Gasteiger partial charge in [0.15, 0.2) is 5.78 Å². The third kappa shape index (κ3) is 2.38. The van der Waals surface area contributed by atoms with E-state index in [9.17, 15) is 14.9 Å². The van der Waals surface area contributed by atoms with Gasteiger partial charge in [0.05, 0.1) is 17.6 Å². The molecule has 0 bridgehead atoms. The number of nitriles is 1. The second-order valence-electron chi connectivity index (χ2n) is 7.72. The van der Waals surface area contributed by atoms with Crippen molar-refractivity contribution in [3.63, 3.8) is 0 Å². The molecule has 2 unspecified atom stereocenters. The molecular weight excluding hydrogens is 364 g/mol. The molecule has 3 aliphatic rings. The molecule has 1 N–H and O–H groups in total. The Bertz CT molecular complexity index is 1220. The predicted molar refractivity (Wildman–Crippen MR) is 109 cm³/mol. The molecule has 3 heterocycles. The first kappa shape index (κ1) is 17.7. The minimum Gasteiger partial charge on any atom is -0.350 e. The maximum Gasteiger partial charge on any atom is 0.258 e. The van der Waals surface area contributed by atoms with E-state index >= 15 is 0 Å². The van der Waals surface area contributed by atoms with Crippen LogP contribution in [0, 0.1) is 17.2 Å². The maximum absolute atomic E-state index is 13.5. The van der Waals surface area contributed by atoms with E-state index in [0.29, 0.717) is 24.4 Å². The SMILES string of the molecule is CN1C(=O)C(C2=CCNC2)=C2C1=CC(C#N)C(=O)C2c1cn(C)c2ccccc12. The first-order chi connectivity index (χ1) is 14.0. The molecule has 6 nitrogen and oxygen atoms in total. The number of fused-ring (bicyclic) bond motifs is 2. The molecule has 144 valence electrons. The Labute approximate surface area is 168 Å².